The van der Waals surface area contributed by atoms with Crippen LogP contribution in [-0.2, 0) is 21.2 Å². The van der Waals surface area contributed by atoms with E-state index in [0.29, 0.717) is 16.8 Å². The molecule has 3 N–H and O–H groups in total. The molecule has 0 fully saturated rings. The lowest BCUT2D eigenvalue weighted by atomic mass is 10.0. The van der Waals surface area contributed by atoms with Gasteiger partial charge in [0.1, 0.15) is 0 Å². The van der Waals surface area contributed by atoms with Crippen molar-refractivity contribution in [1.82, 2.24) is 14.6 Å². The van der Waals surface area contributed by atoms with E-state index in [-0.39, 0.29) is 16.8 Å². The Kier molecular flexibility index (Phi) is 6.73. The summed E-state index contributed by atoms with van der Waals surface area (Å²) in [7, 11) is 0.476. The molecule has 3 rings (SSSR count). The number of H-pyrrole nitrogens is 1. The summed E-state index contributed by atoms with van der Waals surface area (Å²) in [6, 6.07) is 4.50. The minimum absolute atomic E-state index is 0.145. The average molecular weight is 445 g/mol. The molecule has 168 valence electrons. The molecule has 2 aromatic rings. The van der Waals surface area contributed by atoms with Crippen LogP contribution in [0.15, 0.2) is 23.1 Å². The van der Waals surface area contributed by atoms with Crippen molar-refractivity contribution in [3.05, 3.63) is 46.3 Å². The Morgan fingerprint density at radius 3 is 2.55 bits per heavy atom. The maximum atomic E-state index is 12.7. The Morgan fingerprint density at radius 2 is 1.90 bits per heavy atom. The number of nitrogens with one attached hydrogen (secondary N) is 3. The summed E-state index contributed by atoms with van der Waals surface area (Å²) < 4.78 is 27.8. The topological polar surface area (TPSA) is 94.3 Å². The van der Waals surface area contributed by atoms with Crippen molar-refractivity contribution in [2.75, 3.05) is 26.0 Å². The number of benzene rings is 1. The Hall–Kier alpha value is -2.42. The van der Waals surface area contributed by atoms with Crippen LogP contribution in [-0.4, -0.2) is 50.9 Å². The van der Waals surface area contributed by atoms with Crippen LogP contribution in [0.4, 0.5) is 5.69 Å². The van der Waals surface area contributed by atoms with Gasteiger partial charge >= 0.3 is 0 Å². The van der Waals surface area contributed by atoms with E-state index < -0.39 is 10.0 Å². The zero-order chi connectivity index (χ0) is 22.9. The molecule has 2 heterocycles. The zero-order valence-corrected chi connectivity index (χ0v) is 19.9. The molecule has 0 aliphatic carbocycles. The summed E-state index contributed by atoms with van der Waals surface area (Å²) in [5, 5.41) is 2.83. The quantitative estimate of drug-likeness (QED) is 0.545. The van der Waals surface area contributed by atoms with Gasteiger partial charge in [-0.25, -0.2) is 13.1 Å². The monoisotopic (exact) mass is 444 g/mol. The van der Waals surface area contributed by atoms with Gasteiger partial charge in [-0.1, -0.05) is 0 Å². The minimum Gasteiger partial charge on any atom is -0.359 e. The second-order valence-electron chi connectivity index (χ2n) is 8.67. The van der Waals surface area contributed by atoms with E-state index in [1.165, 1.54) is 11.6 Å². The van der Waals surface area contributed by atoms with Crippen molar-refractivity contribution in [3.63, 3.8) is 0 Å². The van der Waals surface area contributed by atoms with E-state index in [1.807, 2.05) is 13.0 Å². The van der Waals surface area contributed by atoms with Crippen LogP contribution in [0.3, 0.4) is 0 Å². The van der Waals surface area contributed by atoms with Crippen LogP contribution in [0.25, 0.3) is 11.6 Å². The molecule has 1 aromatic carbocycles. The van der Waals surface area contributed by atoms with Crippen molar-refractivity contribution in [3.8, 4) is 0 Å². The summed E-state index contributed by atoms with van der Waals surface area (Å²) in [6.45, 7) is 8.66. The first kappa shape index (κ1) is 23.2. The van der Waals surface area contributed by atoms with E-state index in [2.05, 4.69) is 40.9 Å². The van der Waals surface area contributed by atoms with Crippen LogP contribution in [0.5, 0.6) is 0 Å². The van der Waals surface area contributed by atoms with E-state index in [0.717, 1.165) is 36.3 Å². The molecule has 0 bridgehead atoms. The molecule has 7 nitrogen and oxygen atoms in total. The largest absolute Gasteiger partial charge is 0.359 e. The van der Waals surface area contributed by atoms with Crippen molar-refractivity contribution < 1.29 is 13.2 Å². The van der Waals surface area contributed by atoms with E-state index in [1.54, 1.807) is 26.0 Å². The van der Waals surface area contributed by atoms with Crippen LogP contribution < -0.4 is 10.0 Å². The Labute approximate surface area is 185 Å². The second-order valence-corrected chi connectivity index (χ2v) is 10.4. The highest BCUT2D eigenvalue weighted by Gasteiger charge is 2.27. The van der Waals surface area contributed by atoms with Gasteiger partial charge in [0.15, 0.2) is 0 Å². The number of hydrogen-bond donors (Lipinski definition) is 3. The molecule has 0 saturated heterocycles. The van der Waals surface area contributed by atoms with Gasteiger partial charge in [-0.2, -0.15) is 0 Å². The Morgan fingerprint density at radius 1 is 1.19 bits per heavy atom. The lowest BCUT2D eigenvalue weighted by Gasteiger charge is -2.10. The molecular formula is C23H32N4O3S. The van der Waals surface area contributed by atoms with E-state index >= 15 is 0 Å². The van der Waals surface area contributed by atoms with Gasteiger partial charge in [-0.15, -0.1) is 0 Å². The Bertz CT molecular complexity index is 1130. The fourth-order valence-electron chi connectivity index (χ4n) is 3.91. The van der Waals surface area contributed by atoms with Crippen molar-refractivity contribution >= 4 is 33.3 Å². The summed E-state index contributed by atoms with van der Waals surface area (Å²) >= 11 is 0. The Balaban J connectivity index is 1.97. The molecular weight excluding hydrogens is 412 g/mol. The fourth-order valence-corrected chi connectivity index (χ4v) is 5.18. The number of hydrogen-bond acceptors (Lipinski definition) is 4. The highest BCUT2D eigenvalue weighted by molar-refractivity contribution is 7.89. The number of sulfonamides is 1. The lowest BCUT2D eigenvalue weighted by Crippen LogP contribution is -2.30. The molecule has 0 spiro atoms. The summed E-state index contributed by atoms with van der Waals surface area (Å²) in [5.74, 6) is -0.234. The number of carbonyl (C=O) groups is 1. The van der Waals surface area contributed by atoms with Gasteiger partial charge < -0.3 is 15.2 Å². The summed E-state index contributed by atoms with van der Waals surface area (Å²) in [6.07, 6.45) is 3.84. The van der Waals surface area contributed by atoms with Crippen molar-refractivity contribution in [1.29, 1.82) is 0 Å². The number of rotatable bonds is 8. The molecule has 1 aliphatic rings. The van der Waals surface area contributed by atoms with E-state index in [9.17, 15) is 13.2 Å². The number of aryl methyl sites for hydroxylation is 1. The third-order valence-corrected chi connectivity index (χ3v) is 7.08. The standard InChI is InChI=1S/C23H32N4O3S/c1-14(2)26-31(29,30)17-9-10-21-19(12-17)20(23(28)25-21)13-22-15(3)18(16(4)24-22)8-7-11-27(5)6/h9-10,12-14,24,26H,7-8,11H2,1-6H3,(H,25,28)/b20-13-. The first-order valence-electron chi connectivity index (χ1n) is 10.5. The number of fused-ring (bicyclic) bond motifs is 1. The smallest absolute Gasteiger partial charge is 0.256 e. The maximum Gasteiger partial charge on any atom is 0.256 e. The number of aromatic amines is 1. The van der Waals surface area contributed by atoms with Gasteiger partial charge in [0.2, 0.25) is 10.0 Å². The normalized spacial score (nSPS) is 15.2. The fraction of sp³-hybridized carbons (Fsp3) is 0.435. The average Bonchev–Trinajstić information content (AvgIpc) is 3.10. The number of nitrogens with zero attached hydrogens (tertiary/aromatic N) is 1. The molecule has 1 amide bonds. The van der Waals surface area contributed by atoms with Gasteiger partial charge in [-0.3, -0.25) is 4.79 Å². The minimum atomic E-state index is -3.65. The van der Waals surface area contributed by atoms with Crippen molar-refractivity contribution in [2.45, 2.75) is 51.5 Å². The predicted octanol–water partition coefficient (Wildman–Crippen LogP) is 3.31. The zero-order valence-electron chi connectivity index (χ0n) is 19.1. The van der Waals surface area contributed by atoms with Gasteiger partial charge in [-0.05, 0) is 96.6 Å². The third-order valence-electron chi connectivity index (χ3n) is 5.43. The molecule has 31 heavy (non-hydrogen) atoms. The van der Waals surface area contributed by atoms with Crippen LogP contribution in [0.2, 0.25) is 0 Å². The summed E-state index contributed by atoms with van der Waals surface area (Å²) in [5.41, 5.74) is 6.04. The van der Waals surface area contributed by atoms with Gasteiger partial charge in [0.25, 0.3) is 5.91 Å². The number of amides is 1. The van der Waals surface area contributed by atoms with Crippen LogP contribution in [0.1, 0.15) is 48.3 Å². The molecule has 8 heteroatoms. The predicted molar refractivity (Wildman–Crippen MR) is 126 cm³/mol. The van der Waals surface area contributed by atoms with E-state index in [4.69, 9.17) is 0 Å². The van der Waals surface area contributed by atoms with Gasteiger partial charge in [0.05, 0.1) is 10.5 Å². The molecule has 0 radical (unpaired) electrons. The lowest BCUT2D eigenvalue weighted by molar-refractivity contribution is -0.110. The highest BCUT2D eigenvalue weighted by Crippen LogP contribution is 2.35. The first-order chi connectivity index (χ1) is 14.5. The number of anilines is 1. The second kappa shape index (κ2) is 8.98. The molecule has 0 unspecified atom stereocenters. The van der Waals surface area contributed by atoms with Gasteiger partial charge in [0, 0.05) is 28.7 Å². The number of carbonyl (C=O) groups excluding carboxylic acids is 1. The molecule has 1 aromatic heterocycles. The van der Waals surface area contributed by atoms with Crippen LogP contribution in [0, 0.1) is 13.8 Å². The van der Waals surface area contributed by atoms with Crippen LogP contribution >= 0.6 is 0 Å². The maximum absolute atomic E-state index is 12.7. The first-order valence-corrected chi connectivity index (χ1v) is 12.0. The highest BCUT2D eigenvalue weighted by atomic mass is 32.2. The third kappa shape index (κ3) is 5.08. The van der Waals surface area contributed by atoms with Crippen molar-refractivity contribution in [2.24, 2.45) is 0 Å². The number of aromatic nitrogens is 1. The molecule has 0 atom stereocenters. The summed E-state index contributed by atoms with van der Waals surface area (Å²) in [4.78, 5) is 18.4. The molecule has 1 aliphatic heterocycles. The SMILES string of the molecule is Cc1[nH]c(/C=C2\C(=O)Nc3ccc(S(=O)(=O)NC(C)C)cc32)c(C)c1CCCN(C)C. The molecule has 0 saturated carbocycles.